The van der Waals surface area contributed by atoms with Crippen molar-refractivity contribution in [2.24, 2.45) is 0 Å². The molecule has 0 bridgehead atoms. The number of hydrogen-bond donors (Lipinski definition) is 2. The molecule has 0 spiro atoms. The Morgan fingerprint density at radius 2 is 1.79 bits per heavy atom. The van der Waals surface area contributed by atoms with E-state index in [1.54, 1.807) is 18.2 Å². The van der Waals surface area contributed by atoms with Crippen molar-refractivity contribution in [1.82, 2.24) is 0 Å². The zero-order chi connectivity index (χ0) is 13.8. The molecule has 0 amide bonds. The summed E-state index contributed by atoms with van der Waals surface area (Å²) < 4.78 is 14.4. The Balaban J connectivity index is 2.08. The monoisotopic (exact) mass is 338 g/mol. The summed E-state index contributed by atoms with van der Waals surface area (Å²) in [5.74, 6) is -0.338. The maximum Gasteiger partial charge on any atom is 0.175 e. The van der Waals surface area contributed by atoms with Crippen molar-refractivity contribution >= 4 is 44.6 Å². The van der Waals surface area contributed by atoms with Gasteiger partial charge in [-0.05, 0) is 64.9 Å². The van der Waals surface area contributed by atoms with Crippen LogP contribution in [0.15, 0.2) is 46.9 Å². The number of benzene rings is 2. The fourth-order valence-electron chi connectivity index (χ4n) is 1.56. The van der Waals surface area contributed by atoms with Crippen molar-refractivity contribution in [2.75, 3.05) is 10.6 Å². The van der Waals surface area contributed by atoms with Gasteiger partial charge in [0.2, 0.25) is 0 Å². The summed E-state index contributed by atoms with van der Waals surface area (Å²) in [7, 11) is 0. The van der Waals surface area contributed by atoms with Gasteiger partial charge in [0.1, 0.15) is 5.82 Å². The lowest BCUT2D eigenvalue weighted by atomic mass is 10.2. The topological polar surface area (TPSA) is 24.1 Å². The predicted molar refractivity (Wildman–Crippen MR) is 85.1 cm³/mol. The number of aryl methyl sites for hydroxylation is 1. The van der Waals surface area contributed by atoms with Gasteiger partial charge >= 0.3 is 0 Å². The third-order valence-electron chi connectivity index (χ3n) is 2.49. The molecule has 0 aliphatic carbocycles. The van der Waals surface area contributed by atoms with E-state index in [1.807, 2.05) is 25.1 Å². The summed E-state index contributed by atoms with van der Waals surface area (Å²) in [6.07, 6.45) is 0. The minimum absolute atomic E-state index is 0.338. The van der Waals surface area contributed by atoms with Crippen LogP contribution >= 0.6 is 28.1 Å². The normalized spacial score (nSPS) is 10.1. The van der Waals surface area contributed by atoms with Gasteiger partial charge in [0.15, 0.2) is 5.11 Å². The van der Waals surface area contributed by atoms with Crippen molar-refractivity contribution in [2.45, 2.75) is 6.92 Å². The number of halogens is 2. The summed E-state index contributed by atoms with van der Waals surface area (Å²) in [5.41, 5.74) is 2.33. The van der Waals surface area contributed by atoms with E-state index in [1.165, 1.54) is 6.07 Å². The molecule has 0 unspecified atom stereocenters. The summed E-state index contributed by atoms with van der Waals surface area (Å²) in [5, 5.41) is 6.19. The molecule has 0 aliphatic heterocycles. The Hall–Kier alpha value is -1.46. The molecule has 5 heteroatoms. The zero-order valence-corrected chi connectivity index (χ0v) is 12.6. The van der Waals surface area contributed by atoms with Crippen LogP contribution in [0.4, 0.5) is 15.8 Å². The molecule has 2 nitrogen and oxygen atoms in total. The molecule has 0 radical (unpaired) electrons. The zero-order valence-electron chi connectivity index (χ0n) is 10.2. The van der Waals surface area contributed by atoms with E-state index in [-0.39, 0.29) is 5.82 Å². The number of thiocarbonyl (C=S) groups is 1. The van der Waals surface area contributed by atoms with E-state index in [4.69, 9.17) is 12.2 Å². The first-order chi connectivity index (χ1) is 9.06. The molecule has 0 atom stereocenters. The van der Waals surface area contributed by atoms with Gasteiger partial charge in [-0.25, -0.2) is 4.39 Å². The second-order valence-electron chi connectivity index (χ2n) is 4.04. The number of rotatable bonds is 2. The smallest absolute Gasteiger partial charge is 0.175 e. The second-order valence-corrected chi connectivity index (χ2v) is 5.30. The van der Waals surface area contributed by atoms with Gasteiger partial charge in [-0.1, -0.05) is 18.2 Å². The van der Waals surface area contributed by atoms with Crippen LogP contribution in [-0.4, -0.2) is 5.11 Å². The van der Waals surface area contributed by atoms with Gasteiger partial charge in [0.05, 0.1) is 11.4 Å². The Kier molecular flexibility index (Phi) is 4.50. The minimum Gasteiger partial charge on any atom is -0.332 e. The maximum absolute atomic E-state index is 13.5. The lowest BCUT2D eigenvalue weighted by Gasteiger charge is -2.12. The molecule has 2 N–H and O–H groups in total. The highest BCUT2D eigenvalue weighted by atomic mass is 79.9. The van der Waals surface area contributed by atoms with Crippen molar-refractivity contribution < 1.29 is 4.39 Å². The molecule has 0 heterocycles. The van der Waals surface area contributed by atoms with Crippen molar-refractivity contribution in [3.05, 3.63) is 58.3 Å². The number of hydrogen-bond acceptors (Lipinski definition) is 1. The maximum atomic E-state index is 13.5. The van der Waals surface area contributed by atoms with E-state index in [2.05, 4.69) is 26.6 Å². The second kappa shape index (κ2) is 6.12. The highest BCUT2D eigenvalue weighted by molar-refractivity contribution is 9.10. The van der Waals surface area contributed by atoms with Crippen LogP contribution in [0, 0.1) is 12.7 Å². The Labute approximate surface area is 125 Å². The van der Waals surface area contributed by atoms with Crippen molar-refractivity contribution in [3.8, 4) is 0 Å². The fourth-order valence-corrected chi connectivity index (χ4v) is 2.37. The molecule has 2 aromatic rings. The molecule has 19 heavy (non-hydrogen) atoms. The first-order valence-electron chi connectivity index (χ1n) is 5.65. The standard InChI is InChI=1S/C14H12BrFN2S/c1-9-6-7-12(10(15)8-9)17-14(19)18-13-5-3-2-4-11(13)16/h2-8H,1H3,(H2,17,18,19). The van der Waals surface area contributed by atoms with Gasteiger partial charge in [0, 0.05) is 4.47 Å². The van der Waals surface area contributed by atoms with Gasteiger partial charge in [-0.2, -0.15) is 0 Å². The van der Waals surface area contributed by atoms with Crippen LogP contribution in [0.3, 0.4) is 0 Å². The minimum atomic E-state index is -0.338. The molecule has 0 aromatic heterocycles. The first kappa shape index (κ1) is 14.0. The first-order valence-corrected chi connectivity index (χ1v) is 6.85. The molecule has 98 valence electrons. The van der Waals surface area contributed by atoms with E-state index >= 15 is 0 Å². The summed E-state index contributed by atoms with van der Waals surface area (Å²) >= 11 is 8.61. The SMILES string of the molecule is Cc1ccc(NC(=S)Nc2ccccc2F)c(Br)c1. The lowest BCUT2D eigenvalue weighted by molar-refractivity contribution is 0.632. The van der Waals surface area contributed by atoms with Crippen molar-refractivity contribution in [3.63, 3.8) is 0 Å². The molecule has 0 saturated carbocycles. The van der Waals surface area contributed by atoms with Crippen LogP contribution in [0.2, 0.25) is 0 Å². The Morgan fingerprint density at radius 3 is 2.47 bits per heavy atom. The third-order valence-corrected chi connectivity index (χ3v) is 3.36. The summed E-state index contributed by atoms with van der Waals surface area (Å²) in [6.45, 7) is 2.00. The van der Waals surface area contributed by atoms with Gasteiger partial charge in [-0.15, -0.1) is 0 Å². The van der Waals surface area contributed by atoms with E-state index in [0.717, 1.165) is 15.7 Å². The highest BCUT2D eigenvalue weighted by Crippen LogP contribution is 2.23. The van der Waals surface area contributed by atoms with Crippen LogP contribution in [0.25, 0.3) is 0 Å². The van der Waals surface area contributed by atoms with Crippen LogP contribution in [-0.2, 0) is 0 Å². The Morgan fingerprint density at radius 1 is 1.11 bits per heavy atom. The fraction of sp³-hybridized carbons (Fsp3) is 0.0714. The average molecular weight is 339 g/mol. The van der Waals surface area contributed by atoms with Crippen molar-refractivity contribution in [1.29, 1.82) is 0 Å². The largest absolute Gasteiger partial charge is 0.332 e. The number of nitrogens with one attached hydrogen (secondary N) is 2. The van der Waals surface area contributed by atoms with Gasteiger partial charge in [0.25, 0.3) is 0 Å². The molecular formula is C14H12BrFN2S. The molecular weight excluding hydrogens is 327 g/mol. The van der Waals surface area contributed by atoms with E-state index < -0.39 is 0 Å². The average Bonchev–Trinajstić information content (AvgIpc) is 2.36. The molecule has 2 rings (SSSR count). The predicted octanol–water partition coefficient (Wildman–Crippen LogP) is 4.71. The number of anilines is 2. The van der Waals surface area contributed by atoms with Crippen LogP contribution in [0.5, 0.6) is 0 Å². The molecule has 0 saturated heterocycles. The third kappa shape index (κ3) is 3.75. The lowest BCUT2D eigenvalue weighted by Crippen LogP contribution is -2.20. The van der Waals surface area contributed by atoms with Crippen LogP contribution < -0.4 is 10.6 Å². The number of para-hydroxylation sites is 1. The summed E-state index contributed by atoms with van der Waals surface area (Å²) in [4.78, 5) is 0. The highest BCUT2D eigenvalue weighted by Gasteiger charge is 2.05. The van der Waals surface area contributed by atoms with Gasteiger partial charge < -0.3 is 10.6 Å². The molecule has 0 aliphatic rings. The summed E-state index contributed by atoms with van der Waals surface area (Å²) in [6, 6.07) is 12.3. The van der Waals surface area contributed by atoms with Gasteiger partial charge in [-0.3, -0.25) is 0 Å². The van der Waals surface area contributed by atoms with E-state index in [0.29, 0.717) is 10.8 Å². The Bertz CT molecular complexity index is 616. The van der Waals surface area contributed by atoms with Crippen LogP contribution in [0.1, 0.15) is 5.56 Å². The quantitative estimate of drug-likeness (QED) is 0.775. The molecule has 2 aromatic carbocycles. The van der Waals surface area contributed by atoms with E-state index in [9.17, 15) is 4.39 Å². The molecule has 0 fully saturated rings.